The Morgan fingerprint density at radius 1 is 1.36 bits per heavy atom. The zero-order valence-corrected chi connectivity index (χ0v) is 7.69. The molecule has 0 bridgehead atoms. The molecule has 0 aliphatic rings. The van der Waals surface area contributed by atoms with Gasteiger partial charge in [0.05, 0.1) is 0 Å². The zero-order chi connectivity index (χ0) is 8.53. The Balaban J connectivity index is 3.14. The van der Waals surface area contributed by atoms with Gasteiger partial charge in [0.25, 0.3) is 0 Å². The second kappa shape index (κ2) is 7.76. The third kappa shape index (κ3) is 6.07. The molecule has 11 heavy (non-hydrogen) atoms. The van der Waals surface area contributed by atoms with Gasteiger partial charge in [-0.05, 0) is 33.5 Å². The van der Waals surface area contributed by atoms with Crippen LogP contribution in [-0.4, -0.2) is 26.7 Å². The lowest BCUT2D eigenvalue weighted by Crippen LogP contribution is -2.22. The first-order chi connectivity index (χ1) is 5.35. The van der Waals surface area contributed by atoms with Gasteiger partial charge in [0.15, 0.2) is 0 Å². The van der Waals surface area contributed by atoms with Gasteiger partial charge in [0.1, 0.15) is 0 Å². The molecule has 0 amide bonds. The monoisotopic (exact) mass is 156 g/mol. The molecule has 0 radical (unpaired) electrons. The second-order valence-corrected chi connectivity index (χ2v) is 2.73. The molecule has 0 aliphatic carbocycles. The maximum atomic E-state index is 3.75. The number of nitrogens with one attached hydrogen (secondary N) is 2. The summed E-state index contributed by atoms with van der Waals surface area (Å²) in [6.07, 6.45) is 5.68. The summed E-state index contributed by atoms with van der Waals surface area (Å²) in [6.45, 7) is 4.87. The van der Waals surface area contributed by atoms with Crippen molar-refractivity contribution in [3.63, 3.8) is 0 Å². The number of hydrogen-bond donors (Lipinski definition) is 2. The summed E-state index contributed by atoms with van der Waals surface area (Å²) in [7, 11) is 3.97. The van der Waals surface area contributed by atoms with Crippen molar-refractivity contribution in [1.82, 2.24) is 10.6 Å². The van der Waals surface area contributed by atoms with Crippen molar-refractivity contribution in [2.24, 2.45) is 0 Å². The summed E-state index contributed by atoms with van der Waals surface area (Å²) in [6, 6.07) is 0.492. The minimum atomic E-state index is 0.492. The molecule has 0 saturated carbocycles. The predicted octanol–water partition coefficient (Wildman–Crippen LogP) is 1.15. The maximum Gasteiger partial charge on any atom is 0.0244 e. The molecule has 2 nitrogen and oxygen atoms in total. The molecule has 2 N–H and O–H groups in total. The molecule has 0 aromatic carbocycles. The molecule has 0 aromatic heterocycles. The van der Waals surface area contributed by atoms with E-state index in [0.29, 0.717) is 6.04 Å². The molecular weight excluding hydrogens is 136 g/mol. The summed E-state index contributed by atoms with van der Waals surface area (Å²) in [5.74, 6) is 0. The van der Waals surface area contributed by atoms with Crippen molar-refractivity contribution in [2.75, 3.05) is 20.6 Å². The van der Waals surface area contributed by atoms with Crippen LogP contribution in [0.25, 0.3) is 0 Å². The van der Waals surface area contributed by atoms with Gasteiger partial charge < -0.3 is 10.6 Å². The highest BCUT2D eigenvalue weighted by molar-refractivity contribution is 4.83. The summed E-state index contributed by atoms with van der Waals surface area (Å²) >= 11 is 0. The molecule has 2 heteroatoms. The predicted molar refractivity (Wildman–Crippen MR) is 50.8 cm³/mol. The first-order valence-electron chi connectivity index (χ1n) is 4.29. The van der Waals surface area contributed by atoms with Crippen molar-refractivity contribution < 1.29 is 0 Å². The van der Waals surface area contributed by atoms with Crippen molar-refractivity contribution >= 4 is 0 Å². The molecule has 0 rings (SSSR count). The Kier molecular flexibility index (Phi) is 7.52. The van der Waals surface area contributed by atoms with E-state index in [2.05, 4.69) is 17.2 Å². The molecule has 0 heterocycles. The van der Waals surface area contributed by atoms with Gasteiger partial charge in [-0.15, -0.1) is 6.58 Å². The van der Waals surface area contributed by atoms with Crippen LogP contribution in [0.15, 0.2) is 12.7 Å². The van der Waals surface area contributed by atoms with Crippen molar-refractivity contribution in [3.8, 4) is 0 Å². The van der Waals surface area contributed by atoms with Crippen LogP contribution < -0.4 is 10.6 Å². The zero-order valence-electron chi connectivity index (χ0n) is 7.69. The van der Waals surface area contributed by atoms with Gasteiger partial charge in [0, 0.05) is 6.04 Å². The maximum absolute atomic E-state index is 3.75. The van der Waals surface area contributed by atoms with Crippen LogP contribution in [0, 0.1) is 0 Å². The molecular formula is C9H20N2. The van der Waals surface area contributed by atoms with Gasteiger partial charge in [-0.1, -0.05) is 12.5 Å². The Hall–Kier alpha value is -0.340. The fourth-order valence-electron chi connectivity index (χ4n) is 1.05. The van der Waals surface area contributed by atoms with Crippen LogP contribution in [0.2, 0.25) is 0 Å². The Morgan fingerprint density at radius 2 is 2.09 bits per heavy atom. The van der Waals surface area contributed by atoms with Crippen LogP contribution in [0.5, 0.6) is 0 Å². The van der Waals surface area contributed by atoms with Crippen LogP contribution in [-0.2, 0) is 0 Å². The fraction of sp³-hybridized carbons (Fsp3) is 0.778. The van der Waals surface area contributed by atoms with E-state index >= 15 is 0 Å². The van der Waals surface area contributed by atoms with Gasteiger partial charge in [-0.2, -0.15) is 0 Å². The van der Waals surface area contributed by atoms with E-state index in [0.717, 1.165) is 6.54 Å². The number of likely N-dealkylation sites (N-methyl/N-ethyl adjacent to an activating group) is 1. The quantitative estimate of drug-likeness (QED) is 0.427. The molecule has 0 aromatic rings. The SMILES string of the molecule is C=CC(CCCCNC)NC. The van der Waals surface area contributed by atoms with Gasteiger partial charge in [-0.25, -0.2) is 0 Å². The van der Waals surface area contributed by atoms with E-state index in [-0.39, 0.29) is 0 Å². The van der Waals surface area contributed by atoms with Crippen molar-refractivity contribution in [2.45, 2.75) is 25.3 Å². The third-order valence-electron chi connectivity index (χ3n) is 1.85. The number of rotatable bonds is 7. The summed E-state index contributed by atoms with van der Waals surface area (Å²) < 4.78 is 0. The van der Waals surface area contributed by atoms with Crippen LogP contribution >= 0.6 is 0 Å². The van der Waals surface area contributed by atoms with Crippen LogP contribution in [0.1, 0.15) is 19.3 Å². The summed E-state index contributed by atoms with van der Waals surface area (Å²) in [5.41, 5.74) is 0. The van der Waals surface area contributed by atoms with Crippen LogP contribution in [0.4, 0.5) is 0 Å². The van der Waals surface area contributed by atoms with Gasteiger partial charge in [0.2, 0.25) is 0 Å². The van der Waals surface area contributed by atoms with Gasteiger partial charge >= 0.3 is 0 Å². The van der Waals surface area contributed by atoms with E-state index in [1.165, 1.54) is 19.3 Å². The van der Waals surface area contributed by atoms with Crippen molar-refractivity contribution in [3.05, 3.63) is 12.7 Å². The Bertz CT molecular complexity index is 91.6. The minimum Gasteiger partial charge on any atom is -0.320 e. The van der Waals surface area contributed by atoms with Crippen molar-refractivity contribution in [1.29, 1.82) is 0 Å². The summed E-state index contributed by atoms with van der Waals surface area (Å²) in [5, 5.41) is 6.32. The summed E-state index contributed by atoms with van der Waals surface area (Å²) in [4.78, 5) is 0. The highest BCUT2D eigenvalue weighted by atomic mass is 14.9. The van der Waals surface area contributed by atoms with Crippen LogP contribution in [0.3, 0.4) is 0 Å². The molecule has 66 valence electrons. The van der Waals surface area contributed by atoms with E-state index < -0.39 is 0 Å². The van der Waals surface area contributed by atoms with E-state index in [1.807, 2.05) is 20.2 Å². The fourth-order valence-corrected chi connectivity index (χ4v) is 1.05. The average Bonchev–Trinajstić information content (AvgIpc) is 2.05. The second-order valence-electron chi connectivity index (χ2n) is 2.73. The normalized spacial score (nSPS) is 12.9. The molecule has 1 atom stereocenters. The standard InChI is InChI=1S/C9H20N2/c1-4-9(11-3)7-5-6-8-10-2/h4,9-11H,1,5-8H2,2-3H3. The highest BCUT2D eigenvalue weighted by Crippen LogP contribution is 1.99. The molecule has 0 aliphatic heterocycles. The van der Waals surface area contributed by atoms with E-state index in [1.54, 1.807) is 0 Å². The topological polar surface area (TPSA) is 24.1 Å². The molecule has 0 spiro atoms. The third-order valence-corrected chi connectivity index (χ3v) is 1.85. The minimum absolute atomic E-state index is 0.492. The Morgan fingerprint density at radius 3 is 2.55 bits per heavy atom. The first kappa shape index (κ1) is 10.7. The largest absolute Gasteiger partial charge is 0.320 e. The lowest BCUT2D eigenvalue weighted by atomic mass is 10.1. The van der Waals surface area contributed by atoms with E-state index in [4.69, 9.17) is 0 Å². The number of unbranched alkanes of at least 4 members (excludes halogenated alkanes) is 1. The number of hydrogen-bond acceptors (Lipinski definition) is 2. The lowest BCUT2D eigenvalue weighted by molar-refractivity contribution is 0.557. The smallest absolute Gasteiger partial charge is 0.0244 e. The van der Waals surface area contributed by atoms with Gasteiger partial charge in [-0.3, -0.25) is 0 Å². The lowest BCUT2D eigenvalue weighted by Gasteiger charge is -2.09. The molecule has 1 unspecified atom stereocenters. The Labute approximate surface area is 70.1 Å². The average molecular weight is 156 g/mol. The van der Waals surface area contributed by atoms with E-state index in [9.17, 15) is 0 Å². The molecule has 0 fully saturated rings. The highest BCUT2D eigenvalue weighted by Gasteiger charge is 1.98. The molecule has 0 saturated heterocycles. The first-order valence-corrected chi connectivity index (χ1v) is 4.29.